The van der Waals surface area contributed by atoms with Crippen molar-refractivity contribution in [3.8, 4) is 5.75 Å². The van der Waals surface area contributed by atoms with Gasteiger partial charge in [0.15, 0.2) is 0 Å². The molecular weight excluding hydrogens is 404 g/mol. The van der Waals surface area contributed by atoms with Crippen molar-refractivity contribution < 1.29 is 19.7 Å². The summed E-state index contributed by atoms with van der Waals surface area (Å²) in [6.45, 7) is 3.58. The molecule has 0 bridgehead atoms. The summed E-state index contributed by atoms with van der Waals surface area (Å²) in [5.41, 5.74) is 1.92. The number of amides is 1. The SMILES string of the molecule is CC(=O)Nc1ccc([C@@H](O)CN2CCC3(CC2)C[C@H](O)c2cc(Cl)ccc2O3)cc1. The van der Waals surface area contributed by atoms with Crippen LogP contribution < -0.4 is 10.1 Å². The summed E-state index contributed by atoms with van der Waals surface area (Å²) < 4.78 is 6.33. The van der Waals surface area contributed by atoms with Gasteiger partial charge in [0, 0.05) is 49.3 Å². The van der Waals surface area contributed by atoms with Gasteiger partial charge >= 0.3 is 0 Å². The van der Waals surface area contributed by atoms with Gasteiger partial charge in [0.1, 0.15) is 11.4 Å². The van der Waals surface area contributed by atoms with E-state index < -0.39 is 12.2 Å². The van der Waals surface area contributed by atoms with Crippen molar-refractivity contribution >= 4 is 23.2 Å². The van der Waals surface area contributed by atoms with Crippen LogP contribution >= 0.6 is 11.6 Å². The first-order chi connectivity index (χ1) is 14.3. The number of anilines is 1. The average Bonchev–Trinajstić information content (AvgIpc) is 2.71. The van der Waals surface area contributed by atoms with Crippen LogP contribution in [0.2, 0.25) is 5.02 Å². The van der Waals surface area contributed by atoms with E-state index >= 15 is 0 Å². The maximum absolute atomic E-state index is 11.1. The van der Waals surface area contributed by atoms with E-state index in [1.165, 1.54) is 6.92 Å². The van der Waals surface area contributed by atoms with E-state index in [0.717, 1.165) is 37.1 Å². The predicted molar refractivity (Wildman–Crippen MR) is 116 cm³/mol. The monoisotopic (exact) mass is 430 g/mol. The van der Waals surface area contributed by atoms with Crippen LogP contribution in [0.3, 0.4) is 0 Å². The van der Waals surface area contributed by atoms with E-state index in [1.807, 2.05) is 18.2 Å². The maximum atomic E-state index is 11.1. The molecule has 2 aromatic carbocycles. The lowest BCUT2D eigenvalue weighted by Crippen LogP contribution is -2.51. The Morgan fingerprint density at radius 1 is 1.27 bits per heavy atom. The second-order valence-corrected chi connectivity index (χ2v) is 8.74. The highest BCUT2D eigenvalue weighted by atomic mass is 35.5. The zero-order valence-electron chi connectivity index (χ0n) is 17.0. The smallest absolute Gasteiger partial charge is 0.221 e. The third-order valence-corrected chi connectivity index (χ3v) is 6.27. The molecule has 6 nitrogen and oxygen atoms in total. The fourth-order valence-electron chi connectivity index (χ4n) is 4.40. The van der Waals surface area contributed by atoms with Crippen molar-refractivity contribution in [3.05, 3.63) is 58.6 Å². The van der Waals surface area contributed by atoms with Gasteiger partial charge in [0.25, 0.3) is 0 Å². The van der Waals surface area contributed by atoms with Crippen molar-refractivity contribution in [2.24, 2.45) is 0 Å². The third-order valence-electron chi connectivity index (χ3n) is 6.04. The molecule has 0 aliphatic carbocycles. The number of hydrogen-bond donors (Lipinski definition) is 3. The number of carbonyl (C=O) groups is 1. The van der Waals surface area contributed by atoms with Gasteiger partial charge < -0.3 is 25.2 Å². The molecule has 2 aromatic rings. The van der Waals surface area contributed by atoms with Crippen LogP contribution in [0.15, 0.2) is 42.5 Å². The van der Waals surface area contributed by atoms with Gasteiger partial charge in [0.2, 0.25) is 5.91 Å². The highest BCUT2D eigenvalue weighted by molar-refractivity contribution is 6.30. The number of rotatable bonds is 4. The quantitative estimate of drug-likeness (QED) is 0.689. The minimum Gasteiger partial charge on any atom is -0.487 e. The van der Waals surface area contributed by atoms with Gasteiger partial charge in [-0.15, -0.1) is 0 Å². The Morgan fingerprint density at radius 3 is 2.63 bits per heavy atom. The van der Waals surface area contributed by atoms with Crippen LogP contribution in [0.5, 0.6) is 5.75 Å². The lowest BCUT2D eigenvalue weighted by Gasteiger charge is -2.46. The van der Waals surface area contributed by atoms with Gasteiger partial charge in [-0.1, -0.05) is 23.7 Å². The summed E-state index contributed by atoms with van der Waals surface area (Å²) in [5.74, 6) is 0.595. The Morgan fingerprint density at radius 2 is 1.97 bits per heavy atom. The van der Waals surface area contributed by atoms with Crippen LogP contribution in [0.4, 0.5) is 5.69 Å². The molecule has 2 aliphatic heterocycles. The van der Waals surface area contributed by atoms with E-state index in [-0.39, 0.29) is 11.5 Å². The molecular formula is C23H27ClN2O4. The summed E-state index contributed by atoms with van der Waals surface area (Å²) in [5, 5.41) is 24.6. The molecule has 7 heteroatoms. The lowest BCUT2D eigenvalue weighted by molar-refractivity contribution is -0.114. The number of likely N-dealkylation sites (tertiary alicyclic amines) is 1. The molecule has 1 spiro atoms. The molecule has 0 radical (unpaired) electrons. The van der Waals surface area contributed by atoms with Gasteiger partial charge in [-0.3, -0.25) is 4.79 Å². The molecule has 0 unspecified atom stereocenters. The van der Waals surface area contributed by atoms with E-state index in [9.17, 15) is 15.0 Å². The van der Waals surface area contributed by atoms with Crippen LogP contribution in [0.1, 0.15) is 49.5 Å². The third kappa shape index (κ3) is 4.62. The van der Waals surface area contributed by atoms with Crippen LogP contribution in [-0.2, 0) is 4.79 Å². The molecule has 3 N–H and O–H groups in total. The molecule has 0 aromatic heterocycles. The summed E-state index contributed by atoms with van der Waals surface area (Å²) >= 11 is 6.05. The highest BCUT2D eigenvalue weighted by Gasteiger charge is 2.43. The molecule has 2 heterocycles. The maximum Gasteiger partial charge on any atom is 0.221 e. The number of aliphatic hydroxyl groups excluding tert-OH is 2. The van der Waals surface area contributed by atoms with Crippen molar-refractivity contribution in [3.63, 3.8) is 0 Å². The Kier molecular flexibility index (Phi) is 6.02. The molecule has 4 rings (SSSR count). The Balaban J connectivity index is 1.34. The second-order valence-electron chi connectivity index (χ2n) is 8.31. The van der Waals surface area contributed by atoms with Gasteiger partial charge in [0.05, 0.1) is 12.2 Å². The van der Waals surface area contributed by atoms with Crippen molar-refractivity contribution in [2.45, 2.75) is 44.0 Å². The number of nitrogens with zero attached hydrogens (tertiary/aromatic N) is 1. The van der Waals surface area contributed by atoms with E-state index in [1.54, 1.807) is 24.3 Å². The average molecular weight is 431 g/mol. The number of hydrogen-bond acceptors (Lipinski definition) is 5. The molecule has 30 heavy (non-hydrogen) atoms. The van der Waals surface area contributed by atoms with E-state index in [0.29, 0.717) is 29.4 Å². The number of halogens is 1. The molecule has 1 amide bonds. The molecule has 1 fully saturated rings. The summed E-state index contributed by atoms with van der Waals surface area (Å²) in [4.78, 5) is 13.4. The number of ether oxygens (including phenoxy) is 1. The first kappa shape index (κ1) is 21.1. The fraction of sp³-hybridized carbons (Fsp3) is 0.435. The Bertz CT molecular complexity index is 910. The van der Waals surface area contributed by atoms with Crippen LogP contribution in [0, 0.1) is 0 Å². The largest absolute Gasteiger partial charge is 0.487 e. The fourth-order valence-corrected chi connectivity index (χ4v) is 4.58. The molecule has 1 saturated heterocycles. The first-order valence-corrected chi connectivity index (χ1v) is 10.7. The molecule has 2 aliphatic rings. The number of nitrogens with one attached hydrogen (secondary N) is 1. The van der Waals surface area contributed by atoms with E-state index in [4.69, 9.17) is 16.3 Å². The summed E-state index contributed by atoms with van der Waals surface area (Å²) in [7, 11) is 0. The van der Waals surface area contributed by atoms with Crippen molar-refractivity contribution in [1.29, 1.82) is 0 Å². The number of carbonyl (C=O) groups excluding carboxylic acids is 1. The normalized spacial score (nSPS) is 21.5. The van der Waals surface area contributed by atoms with Gasteiger partial charge in [-0.2, -0.15) is 0 Å². The molecule has 160 valence electrons. The number of piperidine rings is 1. The Hall–Kier alpha value is -2.12. The molecule has 2 atom stereocenters. The van der Waals surface area contributed by atoms with Crippen LogP contribution in [0.25, 0.3) is 0 Å². The second kappa shape index (κ2) is 8.55. The predicted octanol–water partition coefficient (Wildman–Crippen LogP) is 3.68. The minimum atomic E-state index is -0.605. The topological polar surface area (TPSA) is 82.0 Å². The number of β-amino-alcohol motifs (C(OH)–C–C–N with tert-alkyl or cyclic N) is 1. The number of aliphatic hydroxyl groups is 2. The number of fused-ring (bicyclic) bond motifs is 1. The van der Waals surface area contributed by atoms with Crippen molar-refractivity contribution in [2.75, 3.05) is 25.0 Å². The zero-order valence-corrected chi connectivity index (χ0v) is 17.7. The Labute approximate surface area is 181 Å². The number of benzene rings is 2. The highest BCUT2D eigenvalue weighted by Crippen LogP contribution is 2.45. The lowest BCUT2D eigenvalue weighted by atomic mass is 9.81. The summed E-state index contributed by atoms with van der Waals surface area (Å²) in [6.07, 6.45) is 0.958. The minimum absolute atomic E-state index is 0.119. The van der Waals surface area contributed by atoms with E-state index in [2.05, 4.69) is 10.2 Å². The first-order valence-electron chi connectivity index (χ1n) is 10.3. The summed E-state index contributed by atoms with van der Waals surface area (Å²) in [6, 6.07) is 12.7. The standard InChI is InChI=1S/C23H27ClN2O4/c1-15(27)25-18-5-2-16(3-6-18)21(29)14-26-10-8-23(9-11-26)13-20(28)19-12-17(24)4-7-22(19)30-23/h2-7,12,20-21,28-29H,8-11,13-14H2,1H3,(H,25,27)/t20-,21-/m0/s1. The zero-order chi connectivity index (χ0) is 21.3. The van der Waals surface area contributed by atoms with Gasteiger partial charge in [-0.05, 0) is 48.7 Å². The van der Waals surface area contributed by atoms with Crippen LogP contribution in [-0.4, -0.2) is 46.3 Å². The van der Waals surface area contributed by atoms with Crippen molar-refractivity contribution in [1.82, 2.24) is 4.90 Å². The van der Waals surface area contributed by atoms with Gasteiger partial charge in [-0.25, -0.2) is 0 Å². The molecule has 0 saturated carbocycles.